The summed E-state index contributed by atoms with van der Waals surface area (Å²) in [7, 11) is 0. The molecule has 1 rings (SSSR count). The highest BCUT2D eigenvalue weighted by Gasteiger charge is 2.23. The Labute approximate surface area is 118 Å². The van der Waals surface area contributed by atoms with Gasteiger partial charge in [-0.25, -0.2) is 0 Å². The predicted molar refractivity (Wildman–Crippen MR) is 77.3 cm³/mol. The summed E-state index contributed by atoms with van der Waals surface area (Å²) in [6.45, 7) is 7.04. The smallest absolute Gasteiger partial charge is 0.247 e. The molecular weight excluding hydrogens is 264 g/mol. The van der Waals surface area contributed by atoms with Gasteiger partial charge in [0.15, 0.2) is 0 Å². The summed E-state index contributed by atoms with van der Waals surface area (Å²) in [6, 6.07) is 4.73. The number of carbonyl (C=O) groups is 2. The third-order valence-corrected chi connectivity index (χ3v) is 3.00. The largest absolute Gasteiger partial charge is 0.344 e. The molecule has 0 fully saturated rings. The first-order valence-electron chi connectivity index (χ1n) is 6.15. The molecule has 2 N–H and O–H groups in total. The first-order valence-corrected chi connectivity index (χ1v) is 6.53. The SMILES string of the molecule is CC(=O)N[C@@H](C(=O)Nc1cc(Cl)ccc1C)C(C)C. The lowest BCUT2D eigenvalue weighted by Crippen LogP contribution is -2.46. The number of hydrogen-bond donors (Lipinski definition) is 2. The van der Waals surface area contributed by atoms with Crippen LogP contribution >= 0.6 is 11.6 Å². The van der Waals surface area contributed by atoms with Crippen LogP contribution in [-0.2, 0) is 9.59 Å². The van der Waals surface area contributed by atoms with Crippen LogP contribution < -0.4 is 10.6 Å². The number of nitrogens with one attached hydrogen (secondary N) is 2. The molecule has 1 aromatic carbocycles. The summed E-state index contributed by atoms with van der Waals surface area (Å²) in [6.07, 6.45) is 0. The van der Waals surface area contributed by atoms with Crippen LogP contribution in [0, 0.1) is 12.8 Å². The van der Waals surface area contributed by atoms with Gasteiger partial charge < -0.3 is 10.6 Å². The van der Waals surface area contributed by atoms with Crippen molar-refractivity contribution in [2.24, 2.45) is 5.92 Å². The van der Waals surface area contributed by atoms with Crippen LogP contribution in [0.3, 0.4) is 0 Å². The maximum atomic E-state index is 12.2. The fraction of sp³-hybridized carbons (Fsp3) is 0.429. The lowest BCUT2D eigenvalue weighted by molar-refractivity contribution is -0.126. The number of aryl methyl sites for hydroxylation is 1. The summed E-state index contributed by atoms with van der Waals surface area (Å²) >= 11 is 5.91. The van der Waals surface area contributed by atoms with E-state index in [1.165, 1.54) is 6.92 Å². The van der Waals surface area contributed by atoms with Gasteiger partial charge in [0.25, 0.3) is 0 Å². The Hall–Kier alpha value is -1.55. The zero-order chi connectivity index (χ0) is 14.6. The molecule has 4 nitrogen and oxygen atoms in total. The number of rotatable bonds is 4. The number of halogens is 1. The van der Waals surface area contributed by atoms with Gasteiger partial charge in [0, 0.05) is 17.6 Å². The molecule has 0 saturated carbocycles. The first kappa shape index (κ1) is 15.5. The monoisotopic (exact) mass is 282 g/mol. The van der Waals surface area contributed by atoms with E-state index < -0.39 is 6.04 Å². The number of hydrogen-bond acceptors (Lipinski definition) is 2. The lowest BCUT2D eigenvalue weighted by Gasteiger charge is -2.21. The standard InChI is InChI=1S/C14H19ClN2O2/c1-8(2)13(16-10(4)18)14(19)17-12-7-11(15)6-5-9(12)3/h5-8,13H,1-4H3,(H,16,18)(H,17,19)/t13-/m1/s1. The molecule has 0 bridgehead atoms. The maximum absolute atomic E-state index is 12.2. The molecule has 0 aliphatic heterocycles. The van der Waals surface area contributed by atoms with Crippen LogP contribution in [0.4, 0.5) is 5.69 Å². The molecule has 104 valence electrons. The molecule has 0 spiro atoms. The minimum Gasteiger partial charge on any atom is -0.344 e. The molecule has 0 unspecified atom stereocenters. The number of benzene rings is 1. The molecule has 0 aromatic heterocycles. The van der Waals surface area contributed by atoms with Crippen LogP contribution in [-0.4, -0.2) is 17.9 Å². The third-order valence-electron chi connectivity index (χ3n) is 2.77. The van der Waals surface area contributed by atoms with Crippen molar-refractivity contribution < 1.29 is 9.59 Å². The quantitative estimate of drug-likeness (QED) is 0.892. The Kier molecular flexibility index (Phi) is 5.36. The number of amides is 2. The maximum Gasteiger partial charge on any atom is 0.247 e. The zero-order valence-electron chi connectivity index (χ0n) is 11.6. The zero-order valence-corrected chi connectivity index (χ0v) is 12.3. The van der Waals surface area contributed by atoms with Gasteiger partial charge in [0.2, 0.25) is 11.8 Å². The molecular formula is C14H19ClN2O2. The first-order chi connectivity index (χ1) is 8.81. The van der Waals surface area contributed by atoms with Gasteiger partial charge in [-0.15, -0.1) is 0 Å². The summed E-state index contributed by atoms with van der Waals surface area (Å²) in [5, 5.41) is 6.01. The molecule has 5 heteroatoms. The molecule has 1 atom stereocenters. The topological polar surface area (TPSA) is 58.2 Å². The van der Waals surface area contributed by atoms with Gasteiger partial charge in [-0.3, -0.25) is 9.59 Å². The van der Waals surface area contributed by atoms with E-state index >= 15 is 0 Å². The van der Waals surface area contributed by atoms with Gasteiger partial charge in [0.05, 0.1) is 0 Å². The molecule has 0 aliphatic rings. The number of anilines is 1. The van der Waals surface area contributed by atoms with Gasteiger partial charge in [-0.05, 0) is 30.5 Å². The second kappa shape index (κ2) is 6.57. The average Bonchev–Trinajstić information content (AvgIpc) is 2.30. The highest BCUT2D eigenvalue weighted by atomic mass is 35.5. The minimum atomic E-state index is -0.559. The molecule has 0 aliphatic carbocycles. The van der Waals surface area contributed by atoms with Gasteiger partial charge in [0.1, 0.15) is 6.04 Å². The van der Waals surface area contributed by atoms with Crippen LogP contribution in [0.25, 0.3) is 0 Å². The fourth-order valence-corrected chi connectivity index (χ4v) is 1.87. The van der Waals surface area contributed by atoms with Crippen LogP contribution in [0.1, 0.15) is 26.3 Å². The predicted octanol–water partition coefficient (Wildman–Crippen LogP) is 2.75. The average molecular weight is 283 g/mol. The van der Waals surface area contributed by atoms with Gasteiger partial charge >= 0.3 is 0 Å². The van der Waals surface area contributed by atoms with E-state index in [0.29, 0.717) is 10.7 Å². The van der Waals surface area contributed by atoms with E-state index in [-0.39, 0.29) is 17.7 Å². The normalized spacial score (nSPS) is 12.1. The van der Waals surface area contributed by atoms with Gasteiger partial charge in [-0.1, -0.05) is 31.5 Å². The fourth-order valence-electron chi connectivity index (χ4n) is 1.69. The van der Waals surface area contributed by atoms with E-state index in [2.05, 4.69) is 10.6 Å². The second-order valence-electron chi connectivity index (χ2n) is 4.87. The summed E-state index contributed by atoms with van der Waals surface area (Å²) < 4.78 is 0. The van der Waals surface area contributed by atoms with Crippen molar-refractivity contribution in [3.8, 4) is 0 Å². The van der Waals surface area contributed by atoms with Crippen LogP contribution in [0.5, 0.6) is 0 Å². The Morgan fingerprint density at radius 1 is 1.26 bits per heavy atom. The van der Waals surface area contributed by atoms with Crippen molar-refractivity contribution in [1.82, 2.24) is 5.32 Å². The van der Waals surface area contributed by atoms with Crippen molar-refractivity contribution in [3.63, 3.8) is 0 Å². The molecule has 0 saturated heterocycles. The highest BCUT2D eigenvalue weighted by molar-refractivity contribution is 6.31. The Morgan fingerprint density at radius 3 is 2.42 bits per heavy atom. The Bertz CT molecular complexity index is 486. The third kappa shape index (κ3) is 4.56. The Morgan fingerprint density at radius 2 is 1.89 bits per heavy atom. The number of carbonyl (C=O) groups excluding carboxylic acids is 2. The lowest BCUT2D eigenvalue weighted by atomic mass is 10.0. The van der Waals surface area contributed by atoms with Crippen molar-refractivity contribution >= 4 is 29.1 Å². The molecule has 1 aromatic rings. The van der Waals surface area contributed by atoms with E-state index in [4.69, 9.17) is 11.6 Å². The van der Waals surface area contributed by atoms with E-state index in [1.54, 1.807) is 12.1 Å². The Balaban J connectivity index is 2.87. The van der Waals surface area contributed by atoms with Crippen molar-refractivity contribution in [2.45, 2.75) is 33.7 Å². The van der Waals surface area contributed by atoms with E-state index in [0.717, 1.165) is 5.56 Å². The van der Waals surface area contributed by atoms with Crippen LogP contribution in [0.15, 0.2) is 18.2 Å². The summed E-state index contributed by atoms with van der Waals surface area (Å²) in [5.74, 6) is -0.462. The molecule has 2 amide bonds. The highest BCUT2D eigenvalue weighted by Crippen LogP contribution is 2.20. The van der Waals surface area contributed by atoms with Crippen molar-refractivity contribution in [3.05, 3.63) is 28.8 Å². The molecule has 19 heavy (non-hydrogen) atoms. The van der Waals surface area contributed by atoms with E-state index in [1.807, 2.05) is 26.8 Å². The molecule has 0 heterocycles. The molecule has 0 radical (unpaired) electrons. The van der Waals surface area contributed by atoms with Gasteiger partial charge in [-0.2, -0.15) is 0 Å². The summed E-state index contributed by atoms with van der Waals surface area (Å²) in [5.41, 5.74) is 1.58. The summed E-state index contributed by atoms with van der Waals surface area (Å²) in [4.78, 5) is 23.3. The van der Waals surface area contributed by atoms with Crippen molar-refractivity contribution in [2.75, 3.05) is 5.32 Å². The minimum absolute atomic E-state index is 0.00314. The van der Waals surface area contributed by atoms with E-state index in [9.17, 15) is 9.59 Å². The second-order valence-corrected chi connectivity index (χ2v) is 5.31. The van der Waals surface area contributed by atoms with Crippen LogP contribution in [0.2, 0.25) is 5.02 Å². The van der Waals surface area contributed by atoms with Crippen molar-refractivity contribution in [1.29, 1.82) is 0 Å².